The third kappa shape index (κ3) is 2.99. The molecule has 0 radical (unpaired) electrons. The number of nitrogens with zero attached hydrogens (tertiary/aromatic N) is 3. The molecule has 4 heteroatoms. The maximum absolute atomic E-state index is 9.47. The Morgan fingerprint density at radius 2 is 1.70 bits per heavy atom. The van der Waals surface area contributed by atoms with Gasteiger partial charge in [-0.15, -0.1) is 0 Å². The van der Waals surface area contributed by atoms with Gasteiger partial charge in [-0.1, -0.05) is 15.9 Å². The summed E-state index contributed by atoms with van der Waals surface area (Å²) in [6.07, 6.45) is 4.03. The van der Waals surface area contributed by atoms with Gasteiger partial charge in [-0.25, -0.2) is 0 Å². The van der Waals surface area contributed by atoms with Crippen molar-refractivity contribution in [3.63, 3.8) is 0 Å². The molecule has 1 fully saturated rings. The lowest BCUT2D eigenvalue weighted by atomic mass is 9.79. The first-order valence-electron chi connectivity index (χ1n) is 7.05. The van der Waals surface area contributed by atoms with Crippen molar-refractivity contribution in [1.29, 1.82) is 5.26 Å². The fourth-order valence-corrected chi connectivity index (χ4v) is 3.28. The van der Waals surface area contributed by atoms with E-state index in [1.165, 1.54) is 5.69 Å². The second kappa shape index (κ2) is 6.15. The van der Waals surface area contributed by atoms with Crippen LogP contribution in [0.4, 0.5) is 5.69 Å². The number of halogens is 1. The lowest BCUT2D eigenvalue weighted by Gasteiger charge is -2.42. The molecule has 2 rings (SSSR count). The summed E-state index contributed by atoms with van der Waals surface area (Å²) in [4.78, 5) is 4.44. The van der Waals surface area contributed by atoms with E-state index in [-0.39, 0.29) is 5.54 Å². The molecule has 0 aliphatic heterocycles. The number of benzene rings is 1. The summed E-state index contributed by atoms with van der Waals surface area (Å²) in [6.45, 7) is 0. The molecule has 0 heterocycles. The molecule has 1 aliphatic rings. The summed E-state index contributed by atoms with van der Waals surface area (Å²) in [5, 5.41) is 9.47. The number of hydrogen-bond donors (Lipinski definition) is 0. The molecule has 0 N–H and O–H groups in total. The van der Waals surface area contributed by atoms with Gasteiger partial charge in [0.15, 0.2) is 0 Å². The smallest absolute Gasteiger partial charge is 0.108 e. The molecule has 1 aromatic carbocycles. The lowest BCUT2D eigenvalue weighted by Crippen LogP contribution is -2.49. The van der Waals surface area contributed by atoms with E-state index in [4.69, 9.17) is 0 Å². The van der Waals surface area contributed by atoms with E-state index >= 15 is 0 Å². The summed E-state index contributed by atoms with van der Waals surface area (Å²) in [7, 11) is 6.19. The minimum absolute atomic E-state index is 0.267. The molecule has 0 aromatic heterocycles. The molecular weight excluding hydrogens is 314 g/mol. The van der Waals surface area contributed by atoms with E-state index in [9.17, 15) is 5.26 Å². The Labute approximate surface area is 130 Å². The maximum atomic E-state index is 9.47. The van der Waals surface area contributed by atoms with Crippen LogP contribution in [0.2, 0.25) is 0 Å². The highest BCUT2D eigenvalue weighted by Crippen LogP contribution is 2.35. The Morgan fingerprint density at radius 3 is 2.15 bits per heavy atom. The molecule has 0 unspecified atom stereocenters. The van der Waals surface area contributed by atoms with Gasteiger partial charge in [0.1, 0.15) is 5.54 Å². The van der Waals surface area contributed by atoms with Crippen LogP contribution in [0, 0.1) is 11.3 Å². The van der Waals surface area contributed by atoms with Crippen molar-refractivity contribution in [3.8, 4) is 6.07 Å². The Kier molecular flexibility index (Phi) is 4.72. The molecule has 0 bridgehead atoms. The van der Waals surface area contributed by atoms with Crippen LogP contribution in [-0.4, -0.2) is 37.6 Å². The normalized spacial score (nSPS) is 26.3. The van der Waals surface area contributed by atoms with Gasteiger partial charge in [0.25, 0.3) is 0 Å². The summed E-state index contributed by atoms with van der Waals surface area (Å²) >= 11 is 3.47. The number of nitriles is 1. The van der Waals surface area contributed by atoms with E-state index in [1.807, 2.05) is 14.1 Å². The molecule has 1 aliphatic carbocycles. The van der Waals surface area contributed by atoms with Crippen LogP contribution in [0.25, 0.3) is 0 Å². The minimum atomic E-state index is -0.267. The molecule has 0 atom stereocenters. The van der Waals surface area contributed by atoms with Gasteiger partial charge >= 0.3 is 0 Å². The Morgan fingerprint density at radius 1 is 1.15 bits per heavy atom. The monoisotopic (exact) mass is 335 g/mol. The van der Waals surface area contributed by atoms with Gasteiger partial charge in [0, 0.05) is 23.2 Å². The zero-order chi connectivity index (χ0) is 14.8. The van der Waals surface area contributed by atoms with Gasteiger partial charge < -0.3 is 4.90 Å². The second-order valence-corrected chi connectivity index (χ2v) is 6.77. The third-order valence-corrected chi connectivity index (χ3v) is 5.16. The van der Waals surface area contributed by atoms with Crippen LogP contribution in [-0.2, 0) is 0 Å². The average molecular weight is 336 g/mol. The van der Waals surface area contributed by atoms with Crippen molar-refractivity contribution in [3.05, 3.63) is 28.7 Å². The summed E-state index contributed by atoms with van der Waals surface area (Å²) in [5.74, 6) is 0. The molecule has 20 heavy (non-hydrogen) atoms. The van der Waals surface area contributed by atoms with Crippen LogP contribution in [0.5, 0.6) is 0 Å². The number of rotatable bonds is 3. The van der Waals surface area contributed by atoms with E-state index in [2.05, 4.69) is 63.1 Å². The topological polar surface area (TPSA) is 30.3 Å². The zero-order valence-electron chi connectivity index (χ0n) is 12.4. The summed E-state index contributed by atoms with van der Waals surface area (Å²) in [5.41, 5.74) is 0.976. The van der Waals surface area contributed by atoms with E-state index < -0.39 is 0 Å². The van der Waals surface area contributed by atoms with Crippen molar-refractivity contribution in [2.24, 2.45) is 0 Å². The van der Waals surface area contributed by atoms with Crippen molar-refractivity contribution in [2.45, 2.75) is 37.3 Å². The van der Waals surface area contributed by atoms with Gasteiger partial charge in [0.05, 0.1) is 6.07 Å². The zero-order valence-corrected chi connectivity index (χ0v) is 14.0. The van der Waals surface area contributed by atoms with Gasteiger partial charge in [-0.3, -0.25) is 4.90 Å². The van der Waals surface area contributed by atoms with Crippen molar-refractivity contribution < 1.29 is 0 Å². The van der Waals surface area contributed by atoms with Gasteiger partial charge in [-0.05, 0) is 64.0 Å². The van der Waals surface area contributed by atoms with E-state index in [0.29, 0.717) is 6.04 Å². The average Bonchev–Trinajstić information content (AvgIpc) is 2.47. The van der Waals surface area contributed by atoms with Crippen LogP contribution >= 0.6 is 15.9 Å². The summed E-state index contributed by atoms with van der Waals surface area (Å²) in [6, 6.07) is 11.5. The molecule has 3 nitrogen and oxygen atoms in total. The fourth-order valence-electron chi connectivity index (χ4n) is 3.01. The third-order valence-electron chi connectivity index (χ3n) is 4.63. The highest BCUT2D eigenvalue weighted by molar-refractivity contribution is 9.10. The van der Waals surface area contributed by atoms with Crippen LogP contribution in [0.15, 0.2) is 28.7 Å². The van der Waals surface area contributed by atoms with Crippen molar-refractivity contribution in [2.75, 3.05) is 26.0 Å². The largest absolute Gasteiger partial charge is 0.372 e. The van der Waals surface area contributed by atoms with Crippen LogP contribution in [0.3, 0.4) is 0 Å². The molecule has 0 spiro atoms. The molecule has 1 saturated carbocycles. The highest BCUT2D eigenvalue weighted by atomic mass is 79.9. The van der Waals surface area contributed by atoms with Crippen molar-refractivity contribution in [1.82, 2.24) is 4.90 Å². The molecule has 0 saturated heterocycles. The molecular formula is C16H22BrN3. The van der Waals surface area contributed by atoms with Crippen LogP contribution < -0.4 is 4.90 Å². The Balaban J connectivity index is 2.04. The number of anilines is 1. The minimum Gasteiger partial charge on any atom is -0.372 e. The predicted octanol–water partition coefficient (Wildman–Crippen LogP) is 3.65. The van der Waals surface area contributed by atoms with Crippen LogP contribution in [0.1, 0.15) is 25.7 Å². The molecule has 108 valence electrons. The standard InChI is InChI=1S/C16H22BrN3/c1-19(2)16(12-18)10-8-15(9-11-16)20(3)14-6-4-13(17)5-7-14/h4-7,15H,8-11H2,1-3H3. The SMILES string of the molecule is CN(c1ccc(Br)cc1)C1CCC(C#N)(N(C)C)CC1. The fraction of sp³-hybridized carbons (Fsp3) is 0.562. The molecule has 0 amide bonds. The van der Waals surface area contributed by atoms with Gasteiger partial charge in [-0.2, -0.15) is 5.26 Å². The Hall–Kier alpha value is -1.05. The van der Waals surface area contributed by atoms with E-state index in [1.54, 1.807) is 0 Å². The number of hydrogen-bond acceptors (Lipinski definition) is 3. The first-order chi connectivity index (χ1) is 9.48. The predicted molar refractivity (Wildman–Crippen MR) is 86.8 cm³/mol. The second-order valence-electron chi connectivity index (χ2n) is 5.86. The molecule has 1 aromatic rings. The first kappa shape index (κ1) is 15.3. The van der Waals surface area contributed by atoms with Gasteiger partial charge in [0.2, 0.25) is 0 Å². The highest BCUT2D eigenvalue weighted by Gasteiger charge is 2.38. The lowest BCUT2D eigenvalue weighted by molar-refractivity contribution is 0.148. The van der Waals surface area contributed by atoms with E-state index in [0.717, 1.165) is 30.2 Å². The Bertz CT molecular complexity index is 481. The quantitative estimate of drug-likeness (QED) is 0.844. The first-order valence-corrected chi connectivity index (χ1v) is 7.85. The van der Waals surface area contributed by atoms with Crippen molar-refractivity contribution >= 4 is 21.6 Å². The maximum Gasteiger partial charge on any atom is 0.108 e. The summed E-state index contributed by atoms with van der Waals surface area (Å²) < 4.78 is 1.11.